The average Bonchev–Trinajstić information content (AvgIpc) is 2.21. The molecule has 0 rings (SSSR count). The van der Waals surface area contributed by atoms with Gasteiger partial charge in [-0.25, -0.2) is 0 Å². The van der Waals surface area contributed by atoms with Crippen LogP contribution in [-0.4, -0.2) is 8.07 Å². The molecule has 0 aromatic heterocycles. The molecule has 84 valence electrons. The van der Waals surface area contributed by atoms with E-state index in [1.54, 1.807) is 0 Å². The Hall–Kier alpha value is -0.0431. The first-order valence-corrected chi connectivity index (χ1v) is 8.97. The molecule has 0 fully saturated rings. The summed E-state index contributed by atoms with van der Waals surface area (Å²) in [6.45, 7) is 16.0. The highest BCUT2D eigenvalue weighted by Crippen LogP contribution is 2.41. The summed E-state index contributed by atoms with van der Waals surface area (Å²) < 4.78 is 0. The molecule has 0 amide bonds. The second-order valence-electron chi connectivity index (χ2n) is 4.60. The maximum atomic E-state index is 4.13. The zero-order chi connectivity index (χ0) is 11.2. The number of hydrogen-bond acceptors (Lipinski definition) is 0. The van der Waals surface area contributed by atoms with Crippen molar-refractivity contribution in [3.05, 3.63) is 12.3 Å². The van der Waals surface area contributed by atoms with Gasteiger partial charge in [-0.1, -0.05) is 59.9 Å². The van der Waals surface area contributed by atoms with Crippen LogP contribution in [0.4, 0.5) is 0 Å². The third-order valence-electron chi connectivity index (χ3n) is 4.17. The Bertz CT molecular complexity index is 143. The monoisotopic (exact) mass is 212 g/mol. The van der Waals surface area contributed by atoms with Crippen LogP contribution in [0.25, 0.3) is 0 Å². The van der Waals surface area contributed by atoms with Gasteiger partial charge in [0.25, 0.3) is 0 Å². The molecule has 0 unspecified atom stereocenters. The first-order valence-electron chi connectivity index (χ1n) is 6.24. The highest BCUT2D eigenvalue weighted by Gasteiger charge is 2.37. The first-order chi connectivity index (χ1) is 6.60. The summed E-state index contributed by atoms with van der Waals surface area (Å²) >= 11 is 0. The van der Waals surface area contributed by atoms with Crippen LogP contribution in [-0.2, 0) is 0 Å². The van der Waals surface area contributed by atoms with Crippen LogP contribution in [0.5, 0.6) is 0 Å². The first kappa shape index (κ1) is 14.0. The summed E-state index contributed by atoms with van der Waals surface area (Å²) in [4.78, 5) is 0. The highest BCUT2D eigenvalue weighted by molar-refractivity contribution is 6.85. The van der Waals surface area contributed by atoms with E-state index < -0.39 is 8.07 Å². The van der Waals surface area contributed by atoms with Gasteiger partial charge < -0.3 is 0 Å². The van der Waals surface area contributed by atoms with Crippen LogP contribution in [0.15, 0.2) is 12.3 Å². The lowest BCUT2D eigenvalue weighted by Gasteiger charge is -2.38. The Labute approximate surface area is 91.8 Å². The fourth-order valence-electron chi connectivity index (χ4n) is 3.00. The van der Waals surface area contributed by atoms with Crippen molar-refractivity contribution in [3.63, 3.8) is 0 Å². The van der Waals surface area contributed by atoms with Gasteiger partial charge in [-0.05, 0) is 11.1 Å². The molecule has 1 heteroatoms. The van der Waals surface area contributed by atoms with Gasteiger partial charge in [-0.2, -0.15) is 0 Å². The maximum Gasteiger partial charge on any atom is 0.0800 e. The van der Waals surface area contributed by atoms with Crippen molar-refractivity contribution in [1.82, 2.24) is 0 Å². The lowest BCUT2D eigenvalue weighted by Crippen LogP contribution is -2.39. The van der Waals surface area contributed by atoms with E-state index in [1.165, 1.54) is 25.7 Å². The second kappa shape index (κ2) is 6.44. The molecule has 0 aliphatic carbocycles. The molecule has 0 aliphatic heterocycles. The summed E-state index contributed by atoms with van der Waals surface area (Å²) in [5.74, 6) is 0. The lowest BCUT2D eigenvalue weighted by atomic mass is 10.2. The minimum Gasteiger partial charge on any atom is -0.107 e. The third kappa shape index (κ3) is 2.72. The minimum atomic E-state index is -1.22. The quantitative estimate of drug-likeness (QED) is 0.511. The summed E-state index contributed by atoms with van der Waals surface area (Å²) in [5.41, 5.74) is 4.22. The van der Waals surface area contributed by atoms with E-state index in [1.807, 2.05) is 0 Å². The van der Waals surface area contributed by atoms with Crippen molar-refractivity contribution in [2.75, 3.05) is 0 Å². The van der Waals surface area contributed by atoms with Gasteiger partial charge in [-0.3, -0.25) is 0 Å². The Balaban J connectivity index is 4.82. The lowest BCUT2D eigenvalue weighted by molar-refractivity contribution is 0.669. The van der Waals surface area contributed by atoms with Crippen molar-refractivity contribution in [1.29, 1.82) is 0 Å². The SMILES string of the molecule is C=C[Si](C)(C(CC)CC)C(CC)CC. The summed E-state index contributed by atoms with van der Waals surface area (Å²) in [6, 6.07) is 0. The van der Waals surface area contributed by atoms with Crippen LogP contribution >= 0.6 is 0 Å². The predicted octanol–water partition coefficient (Wildman–Crippen LogP) is 5.17. The van der Waals surface area contributed by atoms with Crippen molar-refractivity contribution in [3.8, 4) is 0 Å². The van der Waals surface area contributed by atoms with Gasteiger partial charge in [0.15, 0.2) is 0 Å². The van der Waals surface area contributed by atoms with E-state index in [4.69, 9.17) is 0 Å². The normalized spacial score (nSPS) is 12.5. The van der Waals surface area contributed by atoms with Gasteiger partial charge in [0.05, 0.1) is 8.07 Å². The summed E-state index contributed by atoms with van der Waals surface area (Å²) in [5, 5.41) is 0. The molecular formula is C13H28Si. The van der Waals surface area contributed by atoms with Crippen LogP contribution in [0.1, 0.15) is 53.4 Å². The van der Waals surface area contributed by atoms with Crippen LogP contribution < -0.4 is 0 Å². The van der Waals surface area contributed by atoms with Crippen molar-refractivity contribution in [2.24, 2.45) is 0 Å². The second-order valence-corrected chi connectivity index (χ2v) is 9.37. The molecule has 0 atom stereocenters. The molecule has 0 bridgehead atoms. The maximum absolute atomic E-state index is 4.13. The van der Waals surface area contributed by atoms with E-state index in [0.717, 1.165) is 11.1 Å². The third-order valence-corrected chi connectivity index (χ3v) is 10.2. The molecule has 0 radical (unpaired) electrons. The van der Waals surface area contributed by atoms with E-state index >= 15 is 0 Å². The van der Waals surface area contributed by atoms with E-state index in [-0.39, 0.29) is 0 Å². The molecule has 0 N–H and O–H groups in total. The van der Waals surface area contributed by atoms with Gasteiger partial charge >= 0.3 is 0 Å². The molecule has 0 aromatic carbocycles. The van der Waals surface area contributed by atoms with Crippen molar-refractivity contribution >= 4 is 8.07 Å². The molecule has 0 spiro atoms. The van der Waals surface area contributed by atoms with E-state index in [0.29, 0.717) is 0 Å². The minimum absolute atomic E-state index is 0.935. The van der Waals surface area contributed by atoms with Crippen LogP contribution in [0, 0.1) is 0 Å². The van der Waals surface area contributed by atoms with Crippen molar-refractivity contribution < 1.29 is 0 Å². The Morgan fingerprint density at radius 1 is 0.929 bits per heavy atom. The molecular weight excluding hydrogens is 184 g/mol. The van der Waals surface area contributed by atoms with Crippen LogP contribution in [0.2, 0.25) is 17.6 Å². The van der Waals surface area contributed by atoms with Gasteiger partial charge in [-0.15, -0.1) is 12.3 Å². The molecule has 0 aliphatic rings. The Morgan fingerprint density at radius 2 is 1.21 bits per heavy atom. The largest absolute Gasteiger partial charge is 0.107 e. The van der Waals surface area contributed by atoms with Crippen molar-refractivity contribution in [2.45, 2.75) is 71.0 Å². The molecule has 0 nitrogen and oxygen atoms in total. The summed E-state index contributed by atoms with van der Waals surface area (Å²) in [6.07, 6.45) is 5.34. The Kier molecular flexibility index (Phi) is 6.42. The van der Waals surface area contributed by atoms with E-state index in [2.05, 4.69) is 46.5 Å². The zero-order valence-electron chi connectivity index (χ0n) is 10.8. The fourth-order valence-corrected chi connectivity index (χ4v) is 7.86. The molecule has 14 heavy (non-hydrogen) atoms. The topological polar surface area (TPSA) is 0 Å². The standard InChI is InChI=1S/C13H28Si/c1-7-12(8-2)14(6,11-5)13(9-3)10-4/h11-13H,5,7-10H2,1-4,6H3. The van der Waals surface area contributed by atoms with Crippen LogP contribution in [0.3, 0.4) is 0 Å². The number of rotatable bonds is 7. The molecule has 0 saturated heterocycles. The smallest absolute Gasteiger partial charge is 0.0800 e. The molecule has 0 heterocycles. The number of hydrogen-bond donors (Lipinski definition) is 0. The molecule has 0 saturated carbocycles. The highest BCUT2D eigenvalue weighted by atomic mass is 28.3. The van der Waals surface area contributed by atoms with Gasteiger partial charge in [0.1, 0.15) is 0 Å². The van der Waals surface area contributed by atoms with E-state index in [9.17, 15) is 0 Å². The molecule has 0 aromatic rings. The zero-order valence-corrected chi connectivity index (χ0v) is 11.8. The fraction of sp³-hybridized carbons (Fsp3) is 0.846. The Morgan fingerprint density at radius 3 is 1.36 bits per heavy atom. The predicted molar refractivity (Wildman–Crippen MR) is 70.5 cm³/mol. The van der Waals surface area contributed by atoms with Gasteiger partial charge in [0, 0.05) is 0 Å². The summed E-state index contributed by atoms with van der Waals surface area (Å²) in [7, 11) is -1.22. The average molecular weight is 212 g/mol. The van der Waals surface area contributed by atoms with Gasteiger partial charge in [0.2, 0.25) is 0 Å².